The predicted octanol–water partition coefficient (Wildman–Crippen LogP) is 2.93. The fourth-order valence-corrected chi connectivity index (χ4v) is 2.43. The van der Waals surface area contributed by atoms with Crippen LogP contribution in [0.15, 0.2) is 24.3 Å². The van der Waals surface area contributed by atoms with Crippen molar-refractivity contribution in [1.82, 2.24) is 5.32 Å². The molecule has 4 heteroatoms. The molecule has 0 aromatic heterocycles. The normalized spacial score (nSPS) is 19.9. The van der Waals surface area contributed by atoms with Crippen molar-refractivity contribution in [3.05, 3.63) is 29.8 Å². The van der Waals surface area contributed by atoms with Crippen LogP contribution in [-0.2, 0) is 9.47 Å². The third-order valence-corrected chi connectivity index (χ3v) is 3.71. The van der Waals surface area contributed by atoms with Crippen LogP contribution < -0.4 is 10.1 Å². The molecular weight excluding hydrogens is 266 g/mol. The Bertz CT molecular complexity index is 399. The first-order chi connectivity index (χ1) is 10.2. The molecule has 2 unspecified atom stereocenters. The van der Waals surface area contributed by atoms with Gasteiger partial charge in [0.25, 0.3) is 0 Å². The third-order valence-electron chi connectivity index (χ3n) is 3.71. The number of hydrogen-bond acceptors (Lipinski definition) is 4. The van der Waals surface area contributed by atoms with Crippen molar-refractivity contribution >= 4 is 0 Å². The molecular formula is C17H27NO3. The van der Waals surface area contributed by atoms with E-state index in [1.807, 2.05) is 12.1 Å². The molecule has 1 N–H and O–H groups in total. The number of hydrogen-bond donors (Lipinski definition) is 1. The monoisotopic (exact) mass is 293 g/mol. The summed E-state index contributed by atoms with van der Waals surface area (Å²) in [4.78, 5) is 0. The average molecular weight is 293 g/mol. The molecule has 118 valence electrons. The van der Waals surface area contributed by atoms with E-state index < -0.39 is 0 Å². The standard InChI is InChI=1S/C17H27NO3/c1-13(2)18-11-17(21-12-16-5-4-10-20-16)14-6-8-15(19-3)9-7-14/h6-9,13,16-18H,4-5,10-12H2,1-3H3. The molecule has 2 atom stereocenters. The number of nitrogens with one attached hydrogen (secondary N) is 1. The molecule has 1 aromatic carbocycles. The fourth-order valence-electron chi connectivity index (χ4n) is 2.43. The smallest absolute Gasteiger partial charge is 0.118 e. The highest BCUT2D eigenvalue weighted by atomic mass is 16.5. The summed E-state index contributed by atoms with van der Waals surface area (Å²) in [7, 11) is 1.68. The van der Waals surface area contributed by atoms with Crippen molar-refractivity contribution in [2.24, 2.45) is 0 Å². The Balaban J connectivity index is 1.95. The summed E-state index contributed by atoms with van der Waals surface area (Å²) >= 11 is 0. The van der Waals surface area contributed by atoms with Crippen LogP contribution in [0.4, 0.5) is 0 Å². The Kier molecular flexibility index (Phi) is 6.49. The van der Waals surface area contributed by atoms with Gasteiger partial charge in [0.15, 0.2) is 0 Å². The van der Waals surface area contributed by atoms with Crippen LogP contribution in [0.2, 0.25) is 0 Å². The molecule has 0 radical (unpaired) electrons. The predicted molar refractivity (Wildman–Crippen MR) is 83.8 cm³/mol. The zero-order valence-corrected chi connectivity index (χ0v) is 13.3. The molecule has 0 aliphatic carbocycles. The van der Waals surface area contributed by atoms with Gasteiger partial charge in [-0.2, -0.15) is 0 Å². The van der Waals surface area contributed by atoms with Gasteiger partial charge in [-0.25, -0.2) is 0 Å². The summed E-state index contributed by atoms with van der Waals surface area (Å²) in [6.45, 7) is 6.62. The van der Waals surface area contributed by atoms with Gasteiger partial charge < -0.3 is 19.5 Å². The van der Waals surface area contributed by atoms with Crippen LogP contribution in [0.3, 0.4) is 0 Å². The average Bonchev–Trinajstić information content (AvgIpc) is 3.01. The fraction of sp³-hybridized carbons (Fsp3) is 0.647. The second-order valence-corrected chi connectivity index (χ2v) is 5.79. The highest BCUT2D eigenvalue weighted by molar-refractivity contribution is 5.28. The second-order valence-electron chi connectivity index (χ2n) is 5.79. The second kappa shape index (κ2) is 8.37. The zero-order valence-electron chi connectivity index (χ0n) is 13.3. The zero-order chi connectivity index (χ0) is 15.1. The van der Waals surface area contributed by atoms with Crippen molar-refractivity contribution < 1.29 is 14.2 Å². The van der Waals surface area contributed by atoms with E-state index in [0.29, 0.717) is 12.6 Å². The summed E-state index contributed by atoms with van der Waals surface area (Å²) in [6, 6.07) is 8.54. The minimum Gasteiger partial charge on any atom is -0.497 e. The van der Waals surface area contributed by atoms with E-state index in [2.05, 4.69) is 31.3 Å². The van der Waals surface area contributed by atoms with E-state index in [1.165, 1.54) is 5.56 Å². The van der Waals surface area contributed by atoms with Gasteiger partial charge in [0.1, 0.15) is 5.75 Å². The number of rotatable bonds is 8. The molecule has 4 nitrogen and oxygen atoms in total. The summed E-state index contributed by atoms with van der Waals surface area (Å²) in [5, 5.41) is 3.45. The van der Waals surface area contributed by atoms with Crippen molar-refractivity contribution in [3.63, 3.8) is 0 Å². The first kappa shape index (κ1) is 16.3. The van der Waals surface area contributed by atoms with Crippen LogP contribution in [-0.4, -0.2) is 39.0 Å². The van der Waals surface area contributed by atoms with Crippen LogP contribution >= 0.6 is 0 Å². The van der Waals surface area contributed by atoms with E-state index in [-0.39, 0.29) is 12.2 Å². The molecule has 0 bridgehead atoms. The van der Waals surface area contributed by atoms with Gasteiger partial charge in [-0.3, -0.25) is 0 Å². The minimum absolute atomic E-state index is 0.0440. The Morgan fingerprint density at radius 3 is 2.62 bits per heavy atom. The molecule has 1 fully saturated rings. The van der Waals surface area contributed by atoms with E-state index in [1.54, 1.807) is 7.11 Å². The van der Waals surface area contributed by atoms with Crippen molar-refractivity contribution in [1.29, 1.82) is 0 Å². The van der Waals surface area contributed by atoms with E-state index in [4.69, 9.17) is 14.2 Å². The Morgan fingerprint density at radius 1 is 1.29 bits per heavy atom. The Morgan fingerprint density at radius 2 is 2.05 bits per heavy atom. The summed E-state index contributed by atoms with van der Waals surface area (Å²) in [6.07, 6.45) is 2.55. The van der Waals surface area contributed by atoms with Crippen LogP contribution in [0.25, 0.3) is 0 Å². The van der Waals surface area contributed by atoms with Gasteiger partial charge in [-0.15, -0.1) is 0 Å². The van der Waals surface area contributed by atoms with Crippen LogP contribution in [0, 0.1) is 0 Å². The van der Waals surface area contributed by atoms with Crippen molar-refractivity contribution in [2.45, 2.75) is 44.9 Å². The Hall–Kier alpha value is -1.10. The summed E-state index contributed by atoms with van der Waals surface area (Å²) in [5.41, 5.74) is 1.17. The largest absolute Gasteiger partial charge is 0.497 e. The highest BCUT2D eigenvalue weighted by Crippen LogP contribution is 2.22. The van der Waals surface area contributed by atoms with Crippen molar-refractivity contribution in [2.75, 3.05) is 26.9 Å². The molecule has 2 rings (SSSR count). The molecule has 21 heavy (non-hydrogen) atoms. The quantitative estimate of drug-likeness (QED) is 0.800. The lowest BCUT2D eigenvalue weighted by Crippen LogP contribution is -2.30. The van der Waals surface area contributed by atoms with Crippen LogP contribution in [0.1, 0.15) is 38.4 Å². The third kappa shape index (κ3) is 5.30. The first-order valence-corrected chi connectivity index (χ1v) is 7.79. The number of methoxy groups -OCH3 is 1. The molecule has 0 amide bonds. The highest BCUT2D eigenvalue weighted by Gasteiger charge is 2.19. The van der Waals surface area contributed by atoms with Gasteiger partial charge in [0.2, 0.25) is 0 Å². The van der Waals surface area contributed by atoms with E-state index in [9.17, 15) is 0 Å². The first-order valence-electron chi connectivity index (χ1n) is 7.79. The van der Waals surface area contributed by atoms with Gasteiger partial charge in [0, 0.05) is 19.2 Å². The maximum atomic E-state index is 6.11. The Labute approximate surface area is 127 Å². The molecule has 1 aliphatic heterocycles. The van der Waals surface area contributed by atoms with Gasteiger partial charge in [-0.1, -0.05) is 26.0 Å². The molecule has 1 saturated heterocycles. The van der Waals surface area contributed by atoms with Crippen molar-refractivity contribution in [3.8, 4) is 5.75 Å². The lowest BCUT2D eigenvalue weighted by Gasteiger charge is -2.22. The van der Waals surface area contributed by atoms with E-state index >= 15 is 0 Å². The molecule has 1 heterocycles. The molecule has 0 saturated carbocycles. The molecule has 1 aromatic rings. The van der Waals surface area contributed by atoms with Crippen LogP contribution in [0.5, 0.6) is 5.75 Å². The maximum absolute atomic E-state index is 6.11. The summed E-state index contributed by atoms with van der Waals surface area (Å²) < 4.78 is 17.0. The number of ether oxygens (including phenoxy) is 3. The van der Waals surface area contributed by atoms with Gasteiger partial charge in [0.05, 0.1) is 25.9 Å². The van der Waals surface area contributed by atoms with E-state index in [0.717, 1.165) is 31.7 Å². The minimum atomic E-state index is 0.0440. The molecule has 1 aliphatic rings. The maximum Gasteiger partial charge on any atom is 0.118 e. The molecule has 0 spiro atoms. The lowest BCUT2D eigenvalue weighted by atomic mass is 10.1. The SMILES string of the molecule is COc1ccc(C(CNC(C)C)OCC2CCCO2)cc1. The number of benzene rings is 1. The topological polar surface area (TPSA) is 39.7 Å². The summed E-state index contributed by atoms with van der Waals surface area (Å²) in [5.74, 6) is 0.869. The van der Waals surface area contributed by atoms with Gasteiger partial charge >= 0.3 is 0 Å². The van der Waals surface area contributed by atoms with Gasteiger partial charge in [-0.05, 0) is 30.5 Å². The lowest BCUT2D eigenvalue weighted by molar-refractivity contribution is -0.0215.